The summed E-state index contributed by atoms with van der Waals surface area (Å²) in [6.45, 7) is 2.26. The third kappa shape index (κ3) is 3.31. The SMILES string of the molecule is CC(Cl)CCNC(=O)c1cccc(O)c1O. The largest absolute Gasteiger partial charge is 0.504 e. The number of benzene rings is 1. The highest BCUT2D eigenvalue weighted by atomic mass is 35.5. The van der Waals surface area contributed by atoms with Crippen molar-refractivity contribution in [3.05, 3.63) is 23.8 Å². The molecule has 1 atom stereocenters. The van der Waals surface area contributed by atoms with Crippen molar-refractivity contribution < 1.29 is 15.0 Å². The molecular weight excluding hydrogens is 230 g/mol. The number of alkyl halides is 1. The number of rotatable bonds is 4. The number of phenolic OH excluding ortho intramolecular Hbond substituents is 2. The van der Waals surface area contributed by atoms with Crippen LogP contribution in [0.3, 0.4) is 0 Å². The molecule has 0 saturated heterocycles. The second-order valence-electron chi connectivity index (χ2n) is 3.50. The number of amides is 1. The van der Waals surface area contributed by atoms with Crippen LogP contribution in [0.4, 0.5) is 0 Å². The number of phenols is 2. The summed E-state index contributed by atoms with van der Waals surface area (Å²) in [4.78, 5) is 11.6. The molecule has 1 aromatic carbocycles. The molecule has 0 aliphatic heterocycles. The van der Waals surface area contributed by atoms with Crippen LogP contribution < -0.4 is 5.32 Å². The molecule has 0 spiro atoms. The van der Waals surface area contributed by atoms with E-state index in [-0.39, 0.29) is 16.7 Å². The number of carbonyl (C=O) groups excluding carboxylic acids is 1. The maximum atomic E-state index is 11.6. The van der Waals surface area contributed by atoms with Crippen molar-refractivity contribution in [1.82, 2.24) is 5.32 Å². The van der Waals surface area contributed by atoms with E-state index >= 15 is 0 Å². The summed E-state index contributed by atoms with van der Waals surface area (Å²) in [5.74, 6) is -1.14. The quantitative estimate of drug-likeness (QED) is 0.558. The van der Waals surface area contributed by atoms with Crippen LogP contribution in [0.15, 0.2) is 18.2 Å². The van der Waals surface area contributed by atoms with Crippen molar-refractivity contribution >= 4 is 17.5 Å². The van der Waals surface area contributed by atoms with Crippen LogP contribution in [0.2, 0.25) is 0 Å². The standard InChI is InChI=1S/C11H14ClNO3/c1-7(12)5-6-13-11(16)8-3-2-4-9(14)10(8)15/h2-4,7,14-15H,5-6H2,1H3,(H,13,16). The van der Waals surface area contributed by atoms with Crippen LogP contribution in [0, 0.1) is 0 Å². The Balaban J connectivity index is 2.63. The number of hydrogen-bond donors (Lipinski definition) is 3. The van der Waals surface area contributed by atoms with Gasteiger partial charge >= 0.3 is 0 Å². The lowest BCUT2D eigenvalue weighted by atomic mass is 10.1. The first-order valence-corrected chi connectivity index (χ1v) is 5.39. The van der Waals surface area contributed by atoms with Crippen LogP contribution in [0.5, 0.6) is 11.5 Å². The van der Waals surface area contributed by atoms with E-state index in [4.69, 9.17) is 11.6 Å². The van der Waals surface area contributed by atoms with Gasteiger partial charge in [-0.2, -0.15) is 0 Å². The van der Waals surface area contributed by atoms with Gasteiger partial charge in [-0.1, -0.05) is 6.07 Å². The van der Waals surface area contributed by atoms with Crippen LogP contribution >= 0.6 is 11.6 Å². The van der Waals surface area contributed by atoms with Crippen LogP contribution in [0.1, 0.15) is 23.7 Å². The minimum atomic E-state index is -0.425. The summed E-state index contributed by atoms with van der Waals surface area (Å²) in [5, 5.41) is 21.2. The van der Waals surface area contributed by atoms with Gasteiger partial charge in [-0.05, 0) is 25.5 Å². The lowest BCUT2D eigenvalue weighted by molar-refractivity contribution is 0.0950. The average Bonchev–Trinajstić information content (AvgIpc) is 2.21. The molecule has 1 amide bonds. The molecular formula is C11H14ClNO3. The number of para-hydroxylation sites is 1. The molecule has 88 valence electrons. The maximum Gasteiger partial charge on any atom is 0.255 e. The lowest BCUT2D eigenvalue weighted by Crippen LogP contribution is -2.25. The summed E-state index contributed by atoms with van der Waals surface area (Å²) >= 11 is 5.72. The van der Waals surface area contributed by atoms with Crippen molar-refractivity contribution in [1.29, 1.82) is 0 Å². The molecule has 0 aliphatic carbocycles. The monoisotopic (exact) mass is 243 g/mol. The Bertz CT molecular complexity index is 379. The summed E-state index contributed by atoms with van der Waals surface area (Å²) in [6.07, 6.45) is 0.646. The number of carbonyl (C=O) groups is 1. The van der Waals surface area contributed by atoms with Gasteiger partial charge in [0, 0.05) is 11.9 Å². The van der Waals surface area contributed by atoms with Crippen molar-refractivity contribution in [2.24, 2.45) is 0 Å². The zero-order chi connectivity index (χ0) is 12.1. The van der Waals surface area contributed by atoms with Gasteiger partial charge < -0.3 is 15.5 Å². The van der Waals surface area contributed by atoms with Gasteiger partial charge in [0.25, 0.3) is 5.91 Å². The fourth-order valence-electron chi connectivity index (χ4n) is 1.19. The number of aromatic hydroxyl groups is 2. The second-order valence-corrected chi connectivity index (χ2v) is 4.24. The molecule has 1 aromatic rings. The molecule has 0 heterocycles. The van der Waals surface area contributed by atoms with Crippen molar-refractivity contribution in [2.75, 3.05) is 6.54 Å². The molecule has 16 heavy (non-hydrogen) atoms. The predicted octanol–water partition coefficient (Wildman–Crippen LogP) is 1.85. The zero-order valence-corrected chi connectivity index (χ0v) is 9.66. The van der Waals surface area contributed by atoms with Gasteiger partial charge in [-0.3, -0.25) is 4.79 Å². The summed E-state index contributed by atoms with van der Waals surface area (Å²) < 4.78 is 0. The maximum absolute atomic E-state index is 11.6. The van der Waals surface area contributed by atoms with E-state index in [9.17, 15) is 15.0 Å². The summed E-state index contributed by atoms with van der Waals surface area (Å²) in [7, 11) is 0. The number of halogens is 1. The van der Waals surface area contributed by atoms with E-state index in [0.29, 0.717) is 13.0 Å². The highest BCUT2D eigenvalue weighted by molar-refractivity contribution is 6.20. The van der Waals surface area contributed by atoms with Gasteiger partial charge in [0.15, 0.2) is 11.5 Å². The Morgan fingerprint density at radius 3 is 2.81 bits per heavy atom. The Morgan fingerprint density at radius 1 is 1.50 bits per heavy atom. The molecule has 0 fully saturated rings. The van der Waals surface area contributed by atoms with Crippen LogP contribution in [-0.2, 0) is 0 Å². The predicted molar refractivity (Wildman–Crippen MR) is 62.0 cm³/mol. The topological polar surface area (TPSA) is 69.6 Å². The molecule has 0 saturated carbocycles. The first kappa shape index (κ1) is 12.6. The number of nitrogens with one attached hydrogen (secondary N) is 1. The first-order chi connectivity index (χ1) is 7.52. The molecule has 3 N–H and O–H groups in total. The Morgan fingerprint density at radius 2 is 2.19 bits per heavy atom. The molecule has 0 bridgehead atoms. The average molecular weight is 244 g/mol. The third-order valence-corrected chi connectivity index (χ3v) is 2.31. The molecule has 4 nitrogen and oxygen atoms in total. The Hall–Kier alpha value is -1.42. The van der Waals surface area contributed by atoms with Crippen LogP contribution in [0.25, 0.3) is 0 Å². The minimum absolute atomic E-state index is 0.0157. The molecule has 1 unspecified atom stereocenters. The van der Waals surface area contributed by atoms with Crippen molar-refractivity contribution in [3.8, 4) is 11.5 Å². The second kappa shape index (κ2) is 5.61. The molecule has 0 aromatic heterocycles. The highest BCUT2D eigenvalue weighted by Gasteiger charge is 2.13. The van der Waals surface area contributed by atoms with E-state index in [1.807, 2.05) is 6.92 Å². The van der Waals surface area contributed by atoms with Crippen molar-refractivity contribution in [3.63, 3.8) is 0 Å². The van der Waals surface area contributed by atoms with E-state index in [0.717, 1.165) is 0 Å². The van der Waals surface area contributed by atoms with Gasteiger partial charge in [-0.25, -0.2) is 0 Å². The molecule has 0 aliphatic rings. The summed E-state index contributed by atoms with van der Waals surface area (Å²) in [6, 6.07) is 4.25. The molecule has 5 heteroatoms. The summed E-state index contributed by atoms with van der Waals surface area (Å²) in [5.41, 5.74) is 0.0576. The Kier molecular flexibility index (Phi) is 4.43. The van der Waals surface area contributed by atoms with Crippen LogP contribution in [-0.4, -0.2) is 28.0 Å². The van der Waals surface area contributed by atoms with Gasteiger partial charge in [0.2, 0.25) is 0 Å². The first-order valence-electron chi connectivity index (χ1n) is 4.95. The minimum Gasteiger partial charge on any atom is -0.504 e. The van der Waals surface area contributed by atoms with E-state index in [2.05, 4.69) is 5.32 Å². The smallest absolute Gasteiger partial charge is 0.255 e. The fourth-order valence-corrected chi connectivity index (χ4v) is 1.30. The van der Waals surface area contributed by atoms with Crippen molar-refractivity contribution in [2.45, 2.75) is 18.7 Å². The van der Waals surface area contributed by atoms with E-state index < -0.39 is 11.7 Å². The Labute approximate surface area is 98.9 Å². The lowest BCUT2D eigenvalue weighted by Gasteiger charge is -2.08. The fraction of sp³-hybridized carbons (Fsp3) is 0.364. The normalized spacial score (nSPS) is 12.1. The number of hydrogen-bond acceptors (Lipinski definition) is 3. The third-order valence-electron chi connectivity index (χ3n) is 2.09. The van der Waals surface area contributed by atoms with E-state index in [1.54, 1.807) is 0 Å². The van der Waals surface area contributed by atoms with Gasteiger partial charge in [0.1, 0.15) is 0 Å². The van der Waals surface area contributed by atoms with E-state index in [1.165, 1.54) is 18.2 Å². The molecule has 0 radical (unpaired) electrons. The zero-order valence-electron chi connectivity index (χ0n) is 8.90. The molecule has 1 rings (SSSR count). The van der Waals surface area contributed by atoms with Gasteiger partial charge in [-0.15, -0.1) is 11.6 Å². The van der Waals surface area contributed by atoms with Gasteiger partial charge in [0.05, 0.1) is 5.56 Å². The highest BCUT2D eigenvalue weighted by Crippen LogP contribution is 2.27.